The zero-order chi connectivity index (χ0) is 14.4. The van der Waals surface area contributed by atoms with E-state index >= 15 is 0 Å². The van der Waals surface area contributed by atoms with Crippen LogP contribution >= 0.6 is 23.2 Å². The van der Waals surface area contributed by atoms with Gasteiger partial charge in [-0.15, -0.1) is 0 Å². The topological polar surface area (TPSA) is 26.3 Å². The Kier molecular flexibility index (Phi) is 3.94. The lowest BCUT2D eigenvalue weighted by Crippen LogP contribution is -2.35. The summed E-state index contributed by atoms with van der Waals surface area (Å²) in [6.07, 6.45) is 0.0925. The van der Waals surface area contributed by atoms with Crippen LogP contribution in [0.4, 0.5) is 17.6 Å². The van der Waals surface area contributed by atoms with E-state index in [9.17, 15) is 22.4 Å². The minimum absolute atomic E-state index is 0.169. The van der Waals surface area contributed by atoms with Crippen LogP contribution in [0.25, 0.3) is 0 Å². The molecule has 0 radical (unpaired) electrons. The maximum atomic E-state index is 13.1. The first-order valence-corrected chi connectivity index (χ1v) is 5.63. The highest BCUT2D eigenvalue weighted by atomic mass is 35.5. The van der Waals surface area contributed by atoms with Crippen LogP contribution in [0.3, 0.4) is 0 Å². The van der Waals surface area contributed by atoms with Crippen LogP contribution in [-0.4, -0.2) is 23.9 Å². The molecule has 0 aromatic heterocycles. The first-order chi connectivity index (χ1) is 7.96. The molecule has 2 atom stereocenters. The molecule has 0 spiro atoms. The molecule has 0 heterocycles. The summed E-state index contributed by atoms with van der Waals surface area (Å²) in [6.45, 7) is 3.43. The van der Waals surface area contributed by atoms with E-state index in [1.165, 1.54) is 0 Å². The van der Waals surface area contributed by atoms with Crippen molar-refractivity contribution in [2.24, 2.45) is 11.3 Å². The minimum atomic E-state index is -4.78. The van der Waals surface area contributed by atoms with Crippen LogP contribution in [0.2, 0.25) is 0 Å². The molecule has 0 amide bonds. The van der Waals surface area contributed by atoms with E-state index in [2.05, 4.69) is 16.3 Å². The molecule has 1 aliphatic carbocycles. The predicted molar refractivity (Wildman–Crippen MR) is 57.9 cm³/mol. The van der Waals surface area contributed by atoms with E-state index in [0.717, 1.165) is 6.08 Å². The second kappa shape index (κ2) is 4.56. The average Bonchev–Trinajstić information content (AvgIpc) is 2.68. The molecule has 1 aliphatic rings. The third kappa shape index (κ3) is 2.59. The van der Waals surface area contributed by atoms with Crippen molar-refractivity contribution in [2.45, 2.75) is 31.3 Å². The number of halogens is 6. The Morgan fingerprint density at radius 3 is 2.22 bits per heavy atom. The lowest BCUT2D eigenvalue weighted by molar-refractivity contribution is -0.131. The van der Waals surface area contributed by atoms with E-state index in [1.807, 2.05) is 0 Å². The molecule has 104 valence electrons. The Morgan fingerprint density at radius 1 is 1.33 bits per heavy atom. The summed E-state index contributed by atoms with van der Waals surface area (Å²) in [5.41, 5.74) is -0.626. The number of hydrogen-bond donors (Lipinski definition) is 0. The van der Waals surface area contributed by atoms with E-state index in [1.54, 1.807) is 13.8 Å². The molecule has 2 unspecified atom stereocenters. The first kappa shape index (κ1) is 15.6. The molecule has 18 heavy (non-hydrogen) atoms. The van der Waals surface area contributed by atoms with Gasteiger partial charge in [-0.2, -0.15) is 17.6 Å². The Labute approximate surface area is 111 Å². The van der Waals surface area contributed by atoms with E-state index in [4.69, 9.17) is 11.6 Å². The summed E-state index contributed by atoms with van der Waals surface area (Å²) < 4.78 is 55.7. The van der Waals surface area contributed by atoms with Crippen molar-refractivity contribution in [2.75, 3.05) is 0 Å². The predicted octanol–water partition coefficient (Wildman–Crippen LogP) is 3.77. The lowest BCUT2D eigenvalue weighted by Gasteiger charge is -2.20. The summed E-state index contributed by atoms with van der Waals surface area (Å²) in [5, 5.41) is -6.14. The standard InChI is InChI=1S/C10H10Cl2F4O2/c1-8(2)5(7(8)18-4-17)3-6(11)9(13,14)10(12,15)16/h3-5,7H,1-2H3. The fourth-order valence-corrected chi connectivity index (χ4v) is 2.05. The fraction of sp³-hybridized carbons (Fsp3) is 0.700. The Morgan fingerprint density at radius 2 is 1.83 bits per heavy atom. The van der Waals surface area contributed by atoms with Crippen molar-refractivity contribution in [3.05, 3.63) is 11.1 Å². The summed E-state index contributed by atoms with van der Waals surface area (Å²) >= 11 is 9.48. The quantitative estimate of drug-likeness (QED) is 0.439. The van der Waals surface area contributed by atoms with Crippen LogP contribution in [0.15, 0.2) is 11.1 Å². The third-order valence-electron chi connectivity index (χ3n) is 2.99. The van der Waals surface area contributed by atoms with Gasteiger partial charge in [-0.25, -0.2) is 0 Å². The van der Waals surface area contributed by atoms with Crippen molar-refractivity contribution in [3.63, 3.8) is 0 Å². The minimum Gasteiger partial charge on any atom is -0.463 e. The van der Waals surface area contributed by atoms with Gasteiger partial charge in [0.15, 0.2) is 0 Å². The molecule has 0 bridgehead atoms. The SMILES string of the molecule is CC1(C)C(C=C(Cl)C(F)(F)C(F)(F)Cl)C1OC=O. The molecule has 0 aromatic carbocycles. The molecule has 0 aliphatic heterocycles. The molecular formula is C10H10Cl2F4O2. The van der Waals surface area contributed by atoms with E-state index in [-0.39, 0.29) is 6.47 Å². The number of ether oxygens (including phenoxy) is 1. The molecule has 2 nitrogen and oxygen atoms in total. The number of rotatable bonds is 5. The second-order valence-electron chi connectivity index (χ2n) is 4.59. The molecule has 1 fully saturated rings. The van der Waals surface area contributed by atoms with E-state index in [0.29, 0.717) is 0 Å². The third-order valence-corrected chi connectivity index (χ3v) is 3.59. The van der Waals surface area contributed by atoms with Crippen LogP contribution in [0.5, 0.6) is 0 Å². The molecule has 0 aromatic rings. The molecule has 1 saturated carbocycles. The number of hydrogen-bond acceptors (Lipinski definition) is 2. The van der Waals surface area contributed by atoms with E-state index < -0.39 is 33.8 Å². The van der Waals surface area contributed by atoms with Crippen molar-refractivity contribution in [1.82, 2.24) is 0 Å². The zero-order valence-electron chi connectivity index (χ0n) is 9.39. The summed E-state index contributed by atoms with van der Waals surface area (Å²) in [7, 11) is 0. The van der Waals surface area contributed by atoms with Gasteiger partial charge >= 0.3 is 11.3 Å². The highest BCUT2D eigenvalue weighted by molar-refractivity contribution is 6.32. The maximum Gasteiger partial charge on any atom is 0.389 e. The van der Waals surface area contributed by atoms with Crippen LogP contribution in [-0.2, 0) is 9.53 Å². The smallest absolute Gasteiger partial charge is 0.389 e. The van der Waals surface area contributed by atoms with Crippen molar-refractivity contribution >= 4 is 29.7 Å². The monoisotopic (exact) mass is 308 g/mol. The van der Waals surface area contributed by atoms with Crippen LogP contribution in [0, 0.1) is 11.3 Å². The van der Waals surface area contributed by atoms with Crippen LogP contribution in [0.1, 0.15) is 13.8 Å². The van der Waals surface area contributed by atoms with Gasteiger partial charge in [-0.3, -0.25) is 4.79 Å². The number of alkyl halides is 5. The van der Waals surface area contributed by atoms with Crippen molar-refractivity contribution in [3.8, 4) is 0 Å². The van der Waals surface area contributed by atoms with Crippen LogP contribution < -0.4 is 0 Å². The normalized spacial score (nSPS) is 27.9. The fourth-order valence-electron chi connectivity index (χ4n) is 1.65. The summed E-state index contributed by atoms with van der Waals surface area (Å²) in [5.74, 6) is -5.32. The molecule has 0 saturated heterocycles. The molecular weight excluding hydrogens is 299 g/mol. The van der Waals surface area contributed by atoms with Gasteiger partial charge in [0.2, 0.25) is 0 Å². The maximum absolute atomic E-state index is 13.1. The second-order valence-corrected chi connectivity index (χ2v) is 5.47. The highest BCUT2D eigenvalue weighted by Crippen LogP contribution is 2.56. The van der Waals surface area contributed by atoms with Gasteiger partial charge < -0.3 is 4.74 Å². The van der Waals surface area contributed by atoms with Gasteiger partial charge in [0.1, 0.15) is 6.10 Å². The molecule has 0 N–H and O–H groups in total. The van der Waals surface area contributed by atoms with Gasteiger partial charge in [0.05, 0.1) is 5.03 Å². The number of carbonyl (C=O) groups is 1. The summed E-state index contributed by atoms with van der Waals surface area (Å²) in [6, 6.07) is 0. The Hall–Kier alpha value is -0.490. The number of allylic oxidation sites excluding steroid dienone is 1. The van der Waals surface area contributed by atoms with Crippen molar-refractivity contribution in [1.29, 1.82) is 0 Å². The van der Waals surface area contributed by atoms with Gasteiger partial charge in [-0.1, -0.05) is 31.5 Å². The molecule has 8 heteroatoms. The van der Waals surface area contributed by atoms with Gasteiger partial charge in [0, 0.05) is 11.3 Å². The Balaban J connectivity index is 2.89. The highest BCUT2D eigenvalue weighted by Gasteiger charge is 2.62. The lowest BCUT2D eigenvalue weighted by atomic mass is 10.1. The first-order valence-electron chi connectivity index (χ1n) is 4.87. The Bertz CT molecular complexity index is 377. The van der Waals surface area contributed by atoms with Gasteiger partial charge in [0.25, 0.3) is 6.47 Å². The van der Waals surface area contributed by atoms with Gasteiger partial charge in [-0.05, 0) is 11.6 Å². The largest absolute Gasteiger partial charge is 0.463 e. The zero-order valence-corrected chi connectivity index (χ0v) is 10.9. The number of carbonyl (C=O) groups excluding carboxylic acids is 1. The van der Waals surface area contributed by atoms with Crippen molar-refractivity contribution < 1.29 is 27.1 Å². The summed E-state index contributed by atoms with van der Waals surface area (Å²) in [4.78, 5) is 10.2. The molecule has 1 rings (SSSR count). The average molecular weight is 309 g/mol.